The van der Waals surface area contributed by atoms with Crippen molar-refractivity contribution in [3.05, 3.63) is 18.2 Å². The van der Waals surface area contributed by atoms with E-state index in [-0.39, 0.29) is 12.0 Å². The van der Waals surface area contributed by atoms with Gasteiger partial charge in [-0.1, -0.05) is 0 Å². The van der Waals surface area contributed by atoms with E-state index in [2.05, 4.69) is 5.32 Å². The largest absolute Gasteiger partial charge is 0.497 e. The Hall–Kier alpha value is -1.91. The van der Waals surface area contributed by atoms with Crippen LogP contribution in [0.4, 0.5) is 5.69 Å². The molecule has 0 aliphatic heterocycles. The zero-order chi connectivity index (χ0) is 13.8. The van der Waals surface area contributed by atoms with E-state index < -0.39 is 0 Å². The van der Waals surface area contributed by atoms with Crippen molar-refractivity contribution in [1.82, 2.24) is 0 Å². The predicted molar refractivity (Wildman–Crippen MR) is 71.7 cm³/mol. The first-order valence-corrected chi connectivity index (χ1v) is 6.26. The van der Waals surface area contributed by atoms with E-state index >= 15 is 0 Å². The topological polar surface area (TPSA) is 56.8 Å². The number of ether oxygens (including phenoxy) is 3. The van der Waals surface area contributed by atoms with Crippen LogP contribution in [0.3, 0.4) is 0 Å². The predicted octanol–water partition coefficient (Wildman–Crippen LogP) is 2.07. The molecule has 1 unspecified atom stereocenters. The standard InChI is InChI=1S/C14H19NO4/c1-17-10-6-7-12(18-2)11(8-10)15-13(9-4-5-9)14(16)19-3/h6-9,13,15H,4-5H2,1-3H3. The van der Waals surface area contributed by atoms with Crippen LogP contribution in [0.2, 0.25) is 0 Å². The lowest BCUT2D eigenvalue weighted by molar-refractivity contribution is -0.142. The molecule has 104 valence electrons. The number of anilines is 1. The van der Waals surface area contributed by atoms with Gasteiger partial charge in [0.05, 0.1) is 27.0 Å². The summed E-state index contributed by atoms with van der Waals surface area (Å²) < 4.78 is 15.3. The van der Waals surface area contributed by atoms with Crippen molar-refractivity contribution < 1.29 is 19.0 Å². The molecule has 1 N–H and O–H groups in total. The lowest BCUT2D eigenvalue weighted by Crippen LogP contribution is -2.32. The maximum Gasteiger partial charge on any atom is 0.328 e. The van der Waals surface area contributed by atoms with Crippen molar-refractivity contribution in [2.75, 3.05) is 26.6 Å². The third-order valence-corrected chi connectivity index (χ3v) is 3.27. The van der Waals surface area contributed by atoms with E-state index in [0.29, 0.717) is 17.4 Å². The minimum atomic E-state index is -0.328. The van der Waals surface area contributed by atoms with Crippen molar-refractivity contribution in [2.24, 2.45) is 5.92 Å². The molecule has 1 aliphatic carbocycles. The highest BCUT2D eigenvalue weighted by Crippen LogP contribution is 2.37. The molecule has 5 heteroatoms. The maximum absolute atomic E-state index is 11.8. The fourth-order valence-electron chi connectivity index (χ4n) is 2.02. The SMILES string of the molecule is COC(=O)C(Nc1cc(OC)ccc1OC)C1CC1. The average Bonchev–Trinajstić information content (AvgIpc) is 3.28. The second kappa shape index (κ2) is 5.82. The lowest BCUT2D eigenvalue weighted by atomic mass is 10.1. The Balaban J connectivity index is 2.21. The van der Waals surface area contributed by atoms with Gasteiger partial charge in [0, 0.05) is 6.07 Å². The Labute approximate surface area is 112 Å². The van der Waals surface area contributed by atoms with Gasteiger partial charge in [0.1, 0.15) is 17.5 Å². The number of hydrogen-bond donors (Lipinski definition) is 1. The van der Waals surface area contributed by atoms with Crippen LogP contribution < -0.4 is 14.8 Å². The number of methoxy groups -OCH3 is 3. The average molecular weight is 265 g/mol. The van der Waals surface area contributed by atoms with E-state index in [4.69, 9.17) is 14.2 Å². The van der Waals surface area contributed by atoms with E-state index in [1.54, 1.807) is 14.2 Å². The summed E-state index contributed by atoms with van der Waals surface area (Å²) in [6.07, 6.45) is 2.08. The molecular formula is C14H19NO4. The number of esters is 1. The molecule has 0 radical (unpaired) electrons. The van der Waals surface area contributed by atoms with Gasteiger partial charge in [-0.15, -0.1) is 0 Å². The molecule has 5 nitrogen and oxygen atoms in total. The third-order valence-electron chi connectivity index (χ3n) is 3.27. The summed E-state index contributed by atoms with van der Waals surface area (Å²) in [4.78, 5) is 11.8. The van der Waals surface area contributed by atoms with Crippen LogP contribution in [0.5, 0.6) is 11.5 Å². The second-order valence-electron chi connectivity index (χ2n) is 4.55. The molecule has 1 saturated carbocycles. The molecule has 0 saturated heterocycles. The molecule has 19 heavy (non-hydrogen) atoms. The first-order valence-electron chi connectivity index (χ1n) is 6.26. The van der Waals surface area contributed by atoms with Crippen LogP contribution >= 0.6 is 0 Å². The van der Waals surface area contributed by atoms with Gasteiger partial charge in [0.2, 0.25) is 0 Å². The van der Waals surface area contributed by atoms with Gasteiger partial charge in [-0.25, -0.2) is 4.79 Å². The Morgan fingerprint density at radius 1 is 1.26 bits per heavy atom. The number of carbonyl (C=O) groups is 1. The molecule has 0 heterocycles. The molecular weight excluding hydrogens is 246 g/mol. The molecule has 0 aromatic heterocycles. The van der Waals surface area contributed by atoms with E-state index in [9.17, 15) is 4.79 Å². The van der Waals surface area contributed by atoms with E-state index in [0.717, 1.165) is 18.5 Å². The molecule has 1 aromatic rings. The summed E-state index contributed by atoms with van der Waals surface area (Å²) >= 11 is 0. The summed E-state index contributed by atoms with van der Waals surface area (Å²) in [6.45, 7) is 0. The smallest absolute Gasteiger partial charge is 0.328 e. The number of nitrogens with one attached hydrogen (secondary N) is 1. The maximum atomic E-state index is 11.8. The van der Waals surface area contributed by atoms with Gasteiger partial charge < -0.3 is 19.5 Å². The number of benzene rings is 1. The van der Waals surface area contributed by atoms with E-state index in [1.807, 2.05) is 18.2 Å². The van der Waals surface area contributed by atoms with Crippen molar-refractivity contribution in [3.8, 4) is 11.5 Å². The molecule has 0 amide bonds. The first kappa shape index (κ1) is 13.5. The molecule has 1 aliphatic rings. The fraction of sp³-hybridized carbons (Fsp3) is 0.500. The highest BCUT2D eigenvalue weighted by molar-refractivity contribution is 5.81. The normalized spacial score (nSPS) is 15.5. The van der Waals surface area contributed by atoms with Crippen LogP contribution in [-0.2, 0) is 9.53 Å². The van der Waals surface area contributed by atoms with Gasteiger partial charge in [0.25, 0.3) is 0 Å². The second-order valence-corrected chi connectivity index (χ2v) is 4.55. The van der Waals surface area contributed by atoms with E-state index in [1.165, 1.54) is 7.11 Å². The van der Waals surface area contributed by atoms with Gasteiger partial charge in [-0.2, -0.15) is 0 Å². The van der Waals surface area contributed by atoms with Crippen molar-refractivity contribution >= 4 is 11.7 Å². The van der Waals surface area contributed by atoms with Crippen LogP contribution in [-0.4, -0.2) is 33.3 Å². The van der Waals surface area contributed by atoms with Gasteiger partial charge in [-0.3, -0.25) is 0 Å². The zero-order valence-corrected chi connectivity index (χ0v) is 11.4. The summed E-state index contributed by atoms with van der Waals surface area (Å²) in [6, 6.07) is 5.11. The Kier molecular flexibility index (Phi) is 4.14. The highest BCUT2D eigenvalue weighted by Gasteiger charge is 2.37. The van der Waals surface area contributed by atoms with Gasteiger partial charge in [0.15, 0.2) is 0 Å². The molecule has 0 bridgehead atoms. The van der Waals surface area contributed by atoms with Gasteiger partial charge in [-0.05, 0) is 30.9 Å². The Bertz CT molecular complexity index is 457. The minimum Gasteiger partial charge on any atom is -0.497 e. The van der Waals surface area contributed by atoms with Crippen molar-refractivity contribution in [3.63, 3.8) is 0 Å². The summed E-state index contributed by atoms with van der Waals surface area (Å²) in [7, 11) is 4.60. The summed E-state index contributed by atoms with van der Waals surface area (Å²) in [5, 5.41) is 3.21. The summed E-state index contributed by atoms with van der Waals surface area (Å²) in [5.41, 5.74) is 0.740. The molecule has 1 atom stereocenters. The Morgan fingerprint density at radius 3 is 2.53 bits per heavy atom. The van der Waals surface area contributed by atoms with Gasteiger partial charge >= 0.3 is 5.97 Å². The fourth-order valence-corrected chi connectivity index (χ4v) is 2.02. The quantitative estimate of drug-likeness (QED) is 0.798. The van der Waals surface area contributed by atoms with Crippen LogP contribution in [0.25, 0.3) is 0 Å². The summed E-state index contributed by atoms with van der Waals surface area (Å²) in [5.74, 6) is 1.48. The molecule has 2 rings (SSSR count). The highest BCUT2D eigenvalue weighted by atomic mass is 16.5. The lowest BCUT2D eigenvalue weighted by Gasteiger charge is -2.19. The number of hydrogen-bond acceptors (Lipinski definition) is 5. The van der Waals surface area contributed by atoms with Crippen LogP contribution in [0.15, 0.2) is 18.2 Å². The monoisotopic (exact) mass is 265 g/mol. The number of carbonyl (C=O) groups excluding carboxylic acids is 1. The minimum absolute atomic E-state index is 0.243. The number of rotatable bonds is 6. The molecule has 1 aromatic carbocycles. The molecule has 1 fully saturated rings. The van der Waals surface area contributed by atoms with Crippen molar-refractivity contribution in [2.45, 2.75) is 18.9 Å². The first-order chi connectivity index (χ1) is 9.19. The molecule has 0 spiro atoms. The third kappa shape index (κ3) is 3.10. The Morgan fingerprint density at radius 2 is 2.00 bits per heavy atom. The van der Waals surface area contributed by atoms with Crippen molar-refractivity contribution in [1.29, 1.82) is 0 Å². The van der Waals surface area contributed by atoms with Crippen LogP contribution in [0.1, 0.15) is 12.8 Å². The zero-order valence-electron chi connectivity index (χ0n) is 11.4. The van der Waals surface area contributed by atoms with Crippen LogP contribution in [0, 0.1) is 5.92 Å².